The van der Waals surface area contributed by atoms with Crippen LogP contribution in [0.25, 0.3) is 0 Å². The molecule has 2 aromatic rings. The average molecular weight is 239 g/mol. The number of benzene rings is 2. The molecule has 2 N–H and O–H groups in total. The normalized spacial score (nSPS) is 10.9. The van der Waals surface area contributed by atoms with Crippen LogP contribution in [0.3, 0.4) is 0 Å². The summed E-state index contributed by atoms with van der Waals surface area (Å²) >= 11 is 0. The quantitative estimate of drug-likeness (QED) is 0.794. The Hall–Kier alpha value is -1.76. The van der Waals surface area contributed by atoms with Gasteiger partial charge in [0, 0.05) is 5.69 Å². The average Bonchev–Trinajstić information content (AvgIpc) is 2.34. The molecule has 0 saturated carbocycles. The molecule has 2 rings (SSSR count). The summed E-state index contributed by atoms with van der Waals surface area (Å²) in [5, 5.41) is 0. The summed E-state index contributed by atoms with van der Waals surface area (Å²) in [7, 11) is 0. The van der Waals surface area contributed by atoms with Gasteiger partial charge in [0.15, 0.2) is 0 Å². The molecule has 0 spiro atoms. The largest absolute Gasteiger partial charge is 0.399 e. The molecule has 0 aliphatic heterocycles. The molecule has 94 valence electrons. The van der Waals surface area contributed by atoms with Gasteiger partial charge in [-0.05, 0) is 47.6 Å². The molecule has 1 nitrogen and oxygen atoms in total. The Bertz CT molecular complexity index is 524. The number of hydrogen-bond acceptors (Lipinski definition) is 1. The highest BCUT2D eigenvalue weighted by molar-refractivity contribution is 5.48. The van der Waals surface area contributed by atoms with E-state index < -0.39 is 0 Å². The van der Waals surface area contributed by atoms with Gasteiger partial charge in [0.1, 0.15) is 0 Å². The Morgan fingerprint density at radius 2 is 1.56 bits per heavy atom. The standard InChI is InChI=1S/C17H21N/c1-12(2)16-7-4-14(5-8-16)11-15-6-9-17(18)13(3)10-15/h4-10,12H,11,18H2,1-3H3. The fourth-order valence-electron chi connectivity index (χ4n) is 2.10. The molecule has 0 saturated heterocycles. The van der Waals surface area contributed by atoms with Gasteiger partial charge in [-0.2, -0.15) is 0 Å². The third-order valence-corrected chi connectivity index (χ3v) is 3.39. The van der Waals surface area contributed by atoms with Gasteiger partial charge in [0.25, 0.3) is 0 Å². The number of hydrogen-bond donors (Lipinski definition) is 1. The van der Waals surface area contributed by atoms with Gasteiger partial charge in [0.05, 0.1) is 0 Å². The number of nitrogen functional groups attached to an aromatic ring is 1. The van der Waals surface area contributed by atoms with E-state index in [1.807, 2.05) is 6.07 Å². The molecule has 0 fully saturated rings. The maximum atomic E-state index is 5.84. The van der Waals surface area contributed by atoms with Crippen molar-refractivity contribution >= 4 is 5.69 Å². The summed E-state index contributed by atoms with van der Waals surface area (Å²) in [6.45, 7) is 6.50. The lowest BCUT2D eigenvalue weighted by atomic mass is 9.98. The van der Waals surface area contributed by atoms with Crippen molar-refractivity contribution in [2.45, 2.75) is 33.1 Å². The van der Waals surface area contributed by atoms with Crippen molar-refractivity contribution in [3.05, 3.63) is 64.7 Å². The molecule has 0 aliphatic rings. The molecular weight excluding hydrogens is 218 g/mol. The molecule has 0 aromatic heterocycles. The highest BCUT2D eigenvalue weighted by Gasteiger charge is 2.01. The predicted molar refractivity (Wildman–Crippen MR) is 78.9 cm³/mol. The van der Waals surface area contributed by atoms with E-state index in [2.05, 4.69) is 57.2 Å². The van der Waals surface area contributed by atoms with Gasteiger partial charge in [-0.3, -0.25) is 0 Å². The van der Waals surface area contributed by atoms with Crippen LogP contribution in [-0.2, 0) is 6.42 Å². The zero-order chi connectivity index (χ0) is 13.1. The van der Waals surface area contributed by atoms with E-state index in [0.29, 0.717) is 5.92 Å². The lowest BCUT2D eigenvalue weighted by Crippen LogP contribution is -1.94. The van der Waals surface area contributed by atoms with Crippen LogP contribution in [0.4, 0.5) is 5.69 Å². The van der Waals surface area contributed by atoms with Gasteiger partial charge in [-0.25, -0.2) is 0 Å². The van der Waals surface area contributed by atoms with Crippen molar-refractivity contribution < 1.29 is 0 Å². The van der Waals surface area contributed by atoms with Gasteiger partial charge in [-0.15, -0.1) is 0 Å². The van der Waals surface area contributed by atoms with E-state index in [1.54, 1.807) is 0 Å². The second-order valence-electron chi connectivity index (χ2n) is 5.26. The van der Waals surface area contributed by atoms with Crippen molar-refractivity contribution in [2.24, 2.45) is 0 Å². The van der Waals surface area contributed by atoms with Crippen LogP contribution < -0.4 is 5.73 Å². The molecule has 0 unspecified atom stereocenters. The first-order valence-electron chi connectivity index (χ1n) is 6.50. The van der Waals surface area contributed by atoms with E-state index in [0.717, 1.165) is 17.7 Å². The van der Waals surface area contributed by atoms with E-state index in [9.17, 15) is 0 Å². The van der Waals surface area contributed by atoms with Gasteiger partial charge in [-0.1, -0.05) is 50.2 Å². The molecular formula is C17H21N. The molecule has 0 atom stereocenters. The zero-order valence-electron chi connectivity index (χ0n) is 11.4. The van der Waals surface area contributed by atoms with Crippen LogP contribution >= 0.6 is 0 Å². The van der Waals surface area contributed by atoms with E-state index in [4.69, 9.17) is 5.73 Å². The second kappa shape index (κ2) is 5.26. The maximum Gasteiger partial charge on any atom is 0.0343 e. The Morgan fingerprint density at radius 1 is 0.944 bits per heavy atom. The smallest absolute Gasteiger partial charge is 0.0343 e. The first kappa shape index (κ1) is 12.7. The van der Waals surface area contributed by atoms with Crippen LogP contribution in [0.5, 0.6) is 0 Å². The minimum atomic E-state index is 0.595. The van der Waals surface area contributed by atoms with Crippen molar-refractivity contribution in [3.8, 4) is 0 Å². The molecule has 0 aliphatic carbocycles. The monoisotopic (exact) mass is 239 g/mol. The summed E-state index contributed by atoms with van der Waals surface area (Å²) in [5.41, 5.74) is 11.9. The van der Waals surface area contributed by atoms with Crippen LogP contribution in [-0.4, -0.2) is 0 Å². The van der Waals surface area contributed by atoms with Crippen LogP contribution in [0.15, 0.2) is 42.5 Å². The first-order valence-corrected chi connectivity index (χ1v) is 6.50. The second-order valence-corrected chi connectivity index (χ2v) is 5.26. The summed E-state index contributed by atoms with van der Waals surface area (Å²) in [6, 6.07) is 15.2. The van der Waals surface area contributed by atoms with Crippen molar-refractivity contribution in [2.75, 3.05) is 5.73 Å². The molecule has 2 aromatic carbocycles. The highest BCUT2D eigenvalue weighted by atomic mass is 14.5. The summed E-state index contributed by atoms with van der Waals surface area (Å²) in [4.78, 5) is 0. The van der Waals surface area contributed by atoms with Crippen molar-refractivity contribution in [1.29, 1.82) is 0 Å². The molecule has 0 bridgehead atoms. The number of rotatable bonds is 3. The molecule has 0 radical (unpaired) electrons. The Morgan fingerprint density at radius 3 is 2.11 bits per heavy atom. The van der Waals surface area contributed by atoms with Crippen LogP contribution in [0.2, 0.25) is 0 Å². The minimum Gasteiger partial charge on any atom is -0.399 e. The van der Waals surface area contributed by atoms with E-state index in [1.165, 1.54) is 16.7 Å². The van der Waals surface area contributed by atoms with Gasteiger partial charge in [0.2, 0.25) is 0 Å². The van der Waals surface area contributed by atoms with Crippen molar-refractivity contribution in [1.82, 2.24) is 0 Å². The topological polar surface area (TPSA) is 26.0 Å². The lowest BCUT2D eigenvalue weighted by Gasteiger charge is -2.08. The van der Waals surface area contributed by atoms with E-state index >= 15 is 0 Å². The summed E-state index contributed by atoms with van der Waals surface area (Å²) in [6.07, 6.45) is 0.972. The van der Waals surface area contributed by atoms with Gasteiger partial charge >= 0.3 is 0 Å². The highest BCUT2D eigenvalue weighted by Crippen LogP contribution is 2.18. The Balaban J connectivity index is 2.15. The fraction of sp³-hybridized carbons (Fsp3) is 0.294. The van der Waals surface area contributed by atoms with Gasteiger partial charge < -0.3 is 5.73 Å². The Labute approximate surface area is 110 Å². The predicted octanol–water partition coefficient (Wildman–Crippen LogP) is 4.29. The Kier molecular flexibility index (Phi) is 3.71. The molecule has 0 amide bonds. The lowest BCUT2D eigenvalue weighted by molar-refractivity contribution is 0.865. The molecule has 0 heterocycles. The van der Waals surface area contributed by atoms with E-state index in [-0.39, 0.29) is 0 Å². The molecule has 18 heavy (non-hydrogen) atoms. The SMILES string of the molecule is Cc1cc(Cc2ccc(C(C)C)cc2)ccc1N. The summed E-state index contributed by atoms with van der Waals surface area (Å²) < 4.78 is 0. The van der Waals surface area contributed by atoms with Crippen LogP contribution in [0, 0.1) is 6.92 Å². The third-order valence-electron chi connectivity index (χ3n) is 3.39. The summed E-state index contributed by atoms with van der Waals surface area (Å²) in [5.74, 6) is 0.595. The third kappa shape index (κ3) is 2.92. The van der Waals surface area contributed by atoms with Crippen LogP contribution in [0.1, 0.15) is 42.0 Å². The maximum absolute atomic E-state index is 5.84. The van der Waals surface area contributed by atoms with Crippen molar-refractivity contribution in [3.63, 3.8) is 0 Å². The zero-order valence-corrected chi connectivity index (χ0v) is 11.4. The fourth-order valence-corrected chi connectivity index (χ4v) is 2.10. The number of aryl methyl sites for hydroxylation is 1. The number of anilines is 1. The first-order chi connectivity index (χ1) is 8.56. The molecule has 1 heteroatoms. The minimum absolute atomic E-state index is 0.595. The number of nitrogens with two attached hydrogens (primary N) is 1.